The number of carbonyl (C=O) groups is 1. The number of likely N-dealkylation sites (tertiary alicyclic amines) is 1. The van der Waals surface area contributed by atoms with Gasteiger partial charge in [0.2, 0.25) is 5.76 Å². The lowest BCUT2D eigenvalue weighted by Crippen LogP contribution is -2.35. The molecule has 4 rings (SSSR count). The topological polar surface area (TPSA) is 98.2 Å². The fraction of sp³-hybridized carbons (Fsp3) is 0.450. The molecule has 0 spiro atoms. The lowest BCUT2D eigenvalue weighted by atomic mass is 10.1. The highest BCUT2D eigenvalue weighted by Gasteiger charge is 2.31. The van der Waals surface area contributed by atoms with Crippen LogP contribution in [0.25, 0.3) is 11.3 Å². The third-order valence-electron chi connectivity index (χ3n) is 5.21. The molecule has 146 valence electrons. The molecule has 28 heavy (non-hydrogen) atoms. The second-order valence-electron chi connectivity index (χ2n) is 7.26. The second-order valence-corrected chi connectivity index (χ2v) is 7.26. The summed E-state index contributed by atoms with van der Waals surface area (Å²) in [6.45, 7) is 6.32. The average molecular weight is 381 g/mol. The first-order valence-electron chi connectivity index (χ1n) is 9.51. The highest BCUT2D eigenvalue weighted by Crippen LogP contribution is 2.26. The molecule has 0 unspecified atom stereocenters. The van der Waals surface area contributed by atoms with Gasteiger partial charge in [0, 0.05) is 24.8 Å². The van der Waals surface area contributed by atoms with Crippen LogP contribution in [-0.2, 0) is 6.42 Å². The van der Waals surface area contributed by atoms with Crippen molar-refractivity contribution in [1.82, 2.24) is 25.2 Å². The molecule has 1 amide bonds. The summed E-state index contributed by atoms with van der Waals surface area (Å²) >= 11 is 0. The summed E-state index contributed by atoms with van der Waals surface area (Å²) in [5.74, 6) is 0.971. The van der Waals surface area contributed by atoms with E-state index < -0.39 is 0 Å². The van der Waals surface area contributed by atoms with E-state index in [0.717, 1.165) is 60.6 Å². The molecule has 1 atom stereocenters. The molecule has 0 bridgehead atoms. The third kappa shape index (κ3) is 3.54. The van der Waals surface area contributed by atoms with Crippen LogP contribution in [0, 0.1) is 20.8 Å². The van der Waals surface area contributed by atoms with Crippen LogP contribution in [0.5, 0.6) is 0 Å². The summed E-state index contributed by atoms with van der Waals surface area (Å²) in [4.78, 5) is 23.6. The molecule has 8 nitrogen and oxygen atoms in total. The normalized spacial score (nSPS) is 16.7. The Balaban J connectivity index is 1.40. The lowest BCUT2D eigenvalue weighted by molar-refractivity contribution is 0.0688. The van der Waals surface area contributed by atoms with Crippen molar-refractivity contribution in [3.05, 3.63) is 47.1 Å². The zero-order valence-electron chi connectivity index (χ0n) is 16.3. The summed E-state index contributed by atoms with van der Waals surface area (Å²) in [7, 11) is 0. The molecule has 1 aliphatic rings. The molecule has 0 radical (unpaired) electrons. The van der Waals surface area contributed by atoms with Crippen LogP contribution >= 0.6 is 0 Å². The Labute approximate surface area is 162 Å². The van der Waals surface area contributed by atoms with E-state index in [-0.39, 0.29) is 11.9 Å². The summed E-state index contributed by atoms with van der Waals surface area (Å²) < 4.78 is 10.3. The molecule has 0 saturated carbocycles. The SMILES string of the molecule is Cc1cc(C(=O)N2CCC[C@H]2CCc2cnc(-c3c(C)noc3C)cn2)on1. The van der Waals surface area contributed by atoms with Crippen LogP contribution in [-0.4, -0.2) is 43.7 Å². The molecule has 4 heterocycles. The summed E-state index contributed by atoms with van der Waals surface area (Å²) in [5.41, 5.74) is 4.09. The number of aryl methyl sites for hydroxylation is 4. The Hall–Kier alpha value is -3.03. The van der Waals surface area contributed by atoms with Crippen LogP contribution in [0.15, 0.2) is 27.5 Å². The molecule has 0 aromatic carbocycles. The summed E-state index contributed by atoms with van der Waals surface area (Å²) in [5, 5.41) is 7.78. The first-order chi connectivity index (χ1) is 13.5. The fourth-order valence-electron chi connectivity index (χ4n) is 3.79. The van der Waals surface area contributed by atoms with Gasteiger partial charge in [-0.05, 0) is 46.5 Å². The monoisotopic (exact) mass is 381 g/mol. The van der Waals surface area contributed by atoms with Gasteiger partial charge >= 0.3 is 0 Å². The number of aromatic nitrogens is 4. The van der Waals surface area contributed by atoms with Gasteiger partial charge in [-0.3, -0.25) is 14.8 Å². The van der Waals surface area contributed by atoms with Gasteiger partial charge in [-0.2, -0.15) is 0 Å². The van der Waals surface area contributed by atoms with E-state index in [2.05, 4.69) is 20.3 Å². The Kier molecular flexibility index (Phi) is 4.93. The number of nitrogens with zero attached hydrogens (tertiary/aromatic N) is 5. The van der Waals surface area contributed by atoms with Gasteiger partial charge in [0.25, 0.3) is 5.91 Å². The van der Waals surface area contributed by atoms with E-state index in [1.165, 1.54) is 0 Å². The maximum absolute atomic E-state index is 12.7. The van der Waals surface area contributed by atoms with Crippen molar-refractivity contribution in [3.63, 3.8) is 0 Å². The van der Waals surface area contributed by atoms with Gasteiger partial charge in [-0.25, -0.2) is 0 Å². The van der Waals surface area contributed by atoms with Crippen LogP contribution in [0.4, 0.5) is 0 Å². The minimum absolute atomic E-state index is 0.0806. The highest BCUT2D eigenvalue weighted by atomic mass is 16.5. The van der Waals surface area contributed by atoms with Crippen LogP contribution < -0.4 is 0 Å². The first kappa shape index (κ1) is 18.3. The fourth-order valence-corrected chi connectivity index (χ4v) is 3.79. The van der Waals surface area contributed by atoms with Gasteiger partial charge in [-0.1, -0.05) is 10.3 Å². The number of carbonyl (C=O) groups excluding carboxylic acids is 1. The second kappa shape index (κ2) is 7.53. The minimum Gasteiger partial charge on any atom is -0.361 e. The van der Waals surface area contributed by atoms with Gasteiger partial charge in [0.05, 0.1) is 34.5 Å². The van der Waals surface area contributed by atoms with Crippen LogP contribution in [0.1, 0.15) is 52.7 Å². The maximum Gasteiger partial charge on any atom is 0.292 e. The largest absolute Gasteiger partial charge is 0.361 e. The predicted octanol–water partition coefficient (Wildman–Crippen LogP) is 3.28. The molecule has 1 saturated heterocycles. The standard InChI is InChI=1S/C20H23N5O3/c1-12-9-18(28-23-12)20(26)25-8-4-5-16(25)7-6-15-10-22-17(11-21-15)19-13(2)24-27-14(19)3/h9-11,16H,4-8H2,1-3H3/t16-/m0/s1. The van der Waals surface area contributed by atoms with Crippen molar-refractivity contribution in [2.24, 2.45) is 0 Å². The maximum atomic E-state index is 12.7. The first-order valence-corrected chi connectivity index (χ1v) is 9.51. The van der Waals surface area contributed by atoms with E-state index in [1.807, 2.05) is 25.7 Å². The molecular weight excluding hydrogens is 358 g/mol. The van der Waals surface area contributed by atoms with Gasteiger partial charge in [-0.15, -0.1) is 0 Å². The molecule has 1 aliphatic heterocycles. The Bertz CT molecular complexity index is 957. The Morgan fingerprint density at radius 2 is 2.04 bits per heavy atom. The number of rotatable bonds is 5. The molecule has 3 aromatic rings. The van der Waals surface area contributed by atoms with Gasteiger partial charge in [0.15, 0.2) is 0 Å². The molecular formula is C20H23N5O3. The number of hydrogen-bond donors (Lipinski definition) is 0. The van der Waals surface area contributed by atoms with Crippen LogP contribution in [0.3, 0.4) is 0 Å². The van der Waals surface area contributed by atoms with Crippen molar-refractivity contribution >= 4 is 5.91 Å². The molecule has 1 fully saturated rings. The predicted molar refractivity (Wildman–Crippen MR) is 101 cm³/mol. The molecule has 0 N–H and O–H groups in total. The van der Waals surface area contributed by atoms with Crippen LogP contribution in [0.2, 0.25) is 0 Å². The molecule has 3 aromatic heterocycles. The Morgan fingerprint density at radius 3 is 2.68 bits per heavy atom. The number of amides is 1. The average Bonchev–Trinajstić information content (AvgIpc) is 3.41. The van der Waals surface area contributed by atoms with Crippen molar-refractivity contribution in [3.8, 4) is 11.3 Å². The van der Waals surface area contributed by atoms with E-state index in [1.54, 1.807) is 18.5 Å². The van der Waals surface area contributed by atoms with E-state index in [0.29, 0.717) is 11.5 Å². The van der Waals surface area contributed by atoms with Crippen molar-refractivity contribution < 1.29 is 13.8 Å². The Morgan fingerprint density at radius 1 is 1.18 bits per heavy atom. The van der Waals surface area contributed by atoms with Crippen molar-refractivity contribution in [2.75, 3.05) is 6.54 Å². The third-order valence-corrected chi connectivity index (χ3v) is 5.21. The van der Waals surface area contributed by atoms with Gasteiger partial charge < -0.3 is 13.9 Å². The van der Waals surface area contributed by atoms with Gasteiger partial charge in [0.1, 0.15) is 5.76 Å². The minimum atomic E-state index is -0.0806. The van der Waals surface area contributed by atoms with Crippen molar-refractivity contribution in [2.45, 2.75) is 52.5 Å². The lowest BCUT2D eigenvalue weighted by Gasteiger charge is -2.23. The van der Waals surface area contributed by atoms with E-state index in [9.17, 15) is 4.79 Å². The molecule has 0 aliphatic carbocycles. The quantitative estimate of drug-likeness (QED) is 0.669. The molecule has 8 heteroatoms. The van der Waals surface area contributed by atoms with E-state index in [4.69, 9.17) is 9.05 Å². The smallest absolute Gasteiger partial charge is 0.292 e. The zero-order chi connectivity index (χ0) is 19.7. The zero-order valence-corrected chi connectivity index (χ0v) is 16.3. The summed E-state index contributed by atoms with van der Waals surface area (Å²) in [6, 6.07) is 1.87. The number of hydrogen-bond acceptors (Lipinski definition) is 7. The van der Waals surface area contributed by atoms with E-state index >= 15 is 0 Å². The summed E-state index contributed by atoms with van der Waals surface area (Å²) in [6.07, 6.45) is 7.15. The van der Waals surface area contributed by atoms with Crippen molar-refractivity contribution in [1.29, 1.82) is 0 Å². The highest BCUT2D eigenvalue weighted by molar-refractivity contribution is 5.91.